The van der Waals surface area contributed by atoms with Crippen molar-refractivity contribution >= 4 is 5.91 Å². The zero-order valence-electron chi connectivity index (χ0n) is 13.9. The minimum absolute atomic E-state index is 0.214. The summed E-state index contributed by atoms with van der Waals surface area (Å²) in [6, 6.07) is 13.3. The molecule has 1 atom stereocenters. The fourth-order valence-electron chi connectivity index (χ4n) is 2.09. The monoisotopic (exact) mass is 331 g/mol. The normalized spacial score (nSPS) is 11.6. The van der Waals surface area contributed by atoms with Gasteiger partial charge in [0.05, 0.1) is 6.54 Å². The van der Waals surface area contributed by atoms with Crippen LogP contribution < -0.4 is 14.8 Å². The van der Waals surface area contributed by atoms with Crippen LogP contribution in [0.4, 0.5) is 4.39 Å². The smallest absolute Gasteiger partial charge is 0.261 e. The van der Waals surface area contributed by atoms with Crippen molar-refractivity contribution in [2.24, 2.45) is 0 Å². The van der Waals surface area contributed by atoms with E-state index < -0.39 is 6.10 Å². The van der Waals surface area contributed by atoms with Crippen molar-refractivity contribution in [2.45, 2.75) is 26.4 Å². The Labute approximate surface area is 141 Å². The molecule has 0 unspecified atom stereocenters. The van der Waals surface area contributed by atoms with E-state index in [2.05, 4.69) is 5.32 Å². The number of benzene rings is 2. The minimum atomic E-state index is -0.616. The second-order valence-electron chi connectivity index (χ2n) is 5.42. The molecular weight excluding hydrogens is 309 g/mol. The molecule has 2 aromatic rings. The van der Waals surface area contributed by atoms with E-state index >= 15 is 0 Å². The molecule has 1 amide bonds. The average Bonchev–Trinajstić information content (AvgIpc) is 2.59. The van der Waals surface area contributed by atoms with Crippen molar-refractivity contribution in [1.29, 1.82) is 0 Å². The summed E-state index contributed by atoms with van der Waals surface area (Å²) in [6.07, 6.45) is -0.1000. The van der Waals surface area contributed by atoms with E-state index in [1.165, 1.54) is 29.8 Å². The summed E-state index contributed by atoms with van der Waals surface area (Å²) >= 11 is 0. The summed E-state index contributed by atoms with van der Waals surface area (Å²) in [7, 11) is 0. The number of halogens is 1. The van der Waals surface area contributed by atoms with Crippen LogP contribution in [0.1, 0.15) is 18.9 Å². The summed E-state index contributed by atoms with van der Waals surface area (Å²) in [4.78, 5) is 12.1. The number of rotatable bonds is 8. The molecule has 0 saturated heterocycles. The molecule has 0 aliphatic heterocycles. The highest BCUT2D eigenvalue weighted by Gasteiger charge is 2.17. The van der Waals surface area contributed by atoms with Crippen LogP contribution >= 0.6 is 0 Å². The van der Waals surface area contributed by atoms with Gasteiger partial charge in [0.2, 0.25) is 0 Å². The van der Waals surface area contributed by atoms with Crippen molar-refractivity contribution in [3.63, 3.8) is 0 Å². The van der Waals surface area contributed by atoms with E-state index in [1.807, 2.05) is 38.1 Å². The number of amides is 1. The van der Waals surface area contributed by atoms with Gasteiger partial charge in [0.1, 0.15) is 23.9 Å². The summed E-state index contributed by atoms with van der Waals surface area (Å²) in [5.74, 6) is 0.682. The second-order valence-corrected chi connectivity index (χ2v) is 5.42. The first-order valence-electron chi connectivity index (χ1n) is 7.98. The number of hydrogen-bond acceptors (Lipinski definition) is 3. The molecule has 5 heteroatoms. The van der Waals surface area contributed by atoms with E-state index in [0.29, 0.717) is 25.3 Å². The molecule has 0 heterocycles. The van der Waals surface area contributed by atoms with Crippen LogP contribution in [0.25, 0.3) is 0 Å². The van der Waals surface area contributed by atoms with Gasteiger partial charge in [0.25, 0.3) is 5.91 Å². The van der Waals surface area contributed by atoms with Crippen molar-refractivity contribution in [2.75, 3.05) is 13.2 Å². The fraction of sp³-hybridized carbons (Fsp3) is 0.316. The van der Waals surface area contributed by atoms with Crippen LogP contribution in [0.5, 0.6) is 11.5 Å². The molecule has 0 aromatic heterocycles. The fourth-order valence-corrected chi connectivity index (χ4v) is 2.09. The number of nitrogens with one attached hydrogen (secondary N) is 1. The molecule has 0 aliphatic rings. The van der Waals surface area contributed by atoms with E-state index in [-0.39, 0.29) is 11.7 Å². The minimum Gasteiger partial charge on any atom is -0.492 e. The Bertz CT molecular complexity index is 641. The first-order chi connectivity index (χ1) is 11.6. The Kier molecular flexibility index (Phi) is 6.61. The molecule has 0 bridgehead atoms. The van der Waals surface area contributed by atoms with Crippen LogP contribution in [-0.4, -0.2) is 25.2 Å². The summed E-state index contributed by atoms with van der Waals surface area (Å²) in [5.41, 5.74) is 1.17. The molecule has 2 rings (SSSR count). The maximum atomic E-state index is 12.9. The number of hydrogen-bond donors (Lipinski definition) is 1. The molecule has 2 aromatic carbocycles. The second kappa shape index (κ2) is 8.91. The largest absolute Gasteiger partial charge is 0.492 e. The van der Waals surface area contributed by atoms with Gasteiger partial charge in [0, 0.05) is 0 Å². The molecule has 1 N–H and O–H groups in total. The summed E-state index contributed by atoms with van der Waals surface area (Å²) < 4.78 is 24.0. The van der Waals surface area contributed by atoms with Crippen molar-refractivity contribution < 1.29 is 18.7 Å². The SMILES string of the molecule is CC[C@@H](Oc1ccc(F)cc1)C(=O)NCCOc1ccc(C)cc1. The number of aryl methyl sites for hydroxylation is 1. The van der Waals surface area contributed by atoms with E-state index in [9.17, 15) is 9.18 Å². The number of ether oxygens (including phenoxy) is 2. The Hall–Kier alpha value is -2.56. The molecule has 0 radical (unpaired) electrons. The van der Waals surface area contributed by atoms with Crippen molar-refractivity contribution in [3.05, 3.63) is 59.9 Å². The quantitative estimate of drug-likeness (QED) is 0.753. The van der Waals surface area contributed by atoms with Gasteiger partial charge >= 0.3 is 0 Å². The molecule has 128 valence electrons. The molecule has 0 aliphatic carbocycles. The van der Waals surface area contributed by atoms with E-state index in [1.54, 1.807) is 0 Å². The molecule has 4 nitrogen and oxygen atoms in total. The first-order valence-corrected chi connectivity index (χ1v) is 7.98. The number of carbonyl (C=O) groups excluding carboxylic acids is 1. The Morgan fingerprint density at radius 3 is 2.33 bits per heavy atom. The van der Waals surface area contributed by atoms with Crippen molar-refractivity contribution in [1.82, 2.24) is 5.32 Å². The van der Waals surface area contributed by atoms with Crippen LogP contribution in [0.15, 0.2) is 48.5 Å². The lowest BCUT2D eigenvalue weighted by atomic mass is 10.2. The van der Waals surface area contributed by atoms with Gasteiger partial charge in [-0.3, -0.25) is 4.79 Å². The van der Waals surface area contributed by atoms with Gasteiger partial charge in [-0.25, -0.2) is 4.39 Å². The third kappa shape index (κ3) is 5.57. The third-order valence-electron chi connectivity index (χ3n) is 3.45. The topological polar surface area (TPSA) is 47.6 Å². The van der Waals surface area contributed by atoms with Crippen LogP contribution in [0.3, 0.4) is 0 Å². The maximum absolute atomic E-state index is 12.9. The average molecular weight is 331 g/mol. The highest BCUT2D eigenvalue weighted by atomic mass is 19.1. The molecule has 24 heavy (non-hydrogen) atoms. The molecule has 0 spiro atoms. The van der Waals surface area contributed by atoms with Gasteiger partial charge in [-0.05, 0) is 49.7 Å². The number of carbonyl (C=O) groups is 1. The standard InChI is InChI=1S/C19H22FNO3/c1-3-18(24-17-10-6-15(20)7-11-17)19(22)21-12-13-23-16-8-4-14(2)5-9-16/h4-11,18H,3,12-13H2,1-2H3,(H,21,22)/t18-/m1/s1. The van der Waals surface area contributed by atoms with Crippen LogP contribution in [0, 0.1) is 12.7 Å². The maximum Gasteiger partial charge on any atom is 0.261 e. The predicted octanol–water partition coefficient (Wildman–Crippen LogP) is 3.49. The van der Waals surface area contributed by atoms with E-state index in [4.69, 9.17) is 9.47 Å². The zero-order valence-corrected chi connectivity index (χ0v) is 13.9. The van der Waals surface area contributed by atoms with Gasteiger partial charge in [-0.2, -0.15) is 0 Å². The van der Waals surface area contributed by atoms with Crippen molar-refractivity contribution in [3.8, 4) is 11.5 Å². The first kappa shape index (κ1) is 17.8. The van der Waals surface area contributed by atoms with E-state index in [0.717, 1.165) is 5.75 Å². The molecule has 0 saturated carbocycles. The van der Waals surface area contributed by atoms with Gasteiger partial charge in [-0.1, -0.05) is 24.6 Å². The zero-order chi connectivity index (χ0) is 17.4. The van der Waals surface area contributed by atoms with Crippen LogP contribution in [0.2, 0.25) is 0 Å². The lowest BCUT2D eigenvalue weighted by molar-refractivity contribution is -0.128. The van der Waals surface area contributed by atoms with Crippen LogP contribution in [-0.2, 0) is 4.79 Å². The molecule has 0 fully saturated rings. The lowest BCUT2D eigenvalue weighted by Gasteiger charge is -2.17. The Morgan fingerprint density at radius 2 is 1.71 bits per heavy atom. The van der Waals surface area contributed by atoms with Gasteiger partial charge < -0.3 is 14.8 Å². The summed E-state index contributed by atoms with van der Waals surface area (Å²) in [5, 5.41) is 2.78. The Balaban J connectivity index is 1.75. The highest BCUT2D eigenvalue weighted by Crippen LogP contribution is 2.14. The predicted molar refractivity (Wildman–Crippen MR) is 90.8 cm³/mol. The molecular formula is C19H22FNO3. The Morgan fingerprint density at radius 1 is 1.08 bits per heavy atom. The third-order valence-corrected chi connectivity index (χ3v) is 3.45. The highest BCUT2D eigenvalue weighted by molar-refractivity contribution is 5.81. The lowest BCUT2D eigenvalue weighted by Crippen LogP contribution is -2.39. The summed E-state index contributed by atoms with van der Waals surface area (Å²) in [6.45, 7) is 4.63. The van der Waals surface area contributed by atoms with Gasteiger partial charge in [0.15, 0.2) is 6.10 Å². The van der Waals surface area contributed by atoms with Gasteiger partial charge in [-0.15, -0.1) is 0 Å².